The van der Waals surface area contributed by atoms with Crippen molar-refractivity contribution in [3.8, 4) is 0 Å². The van der Waals surface area contributed by atoms with Gasteiger partial charge in [-0.05, 0) is 31.2 Å². The molecule has 1 aliphatic rings. The second-order valence-electron chi connectivity index (χ2n) is 6.04. The van der Waals surface area contributed by atoms with Gasteiger partial charge in [0, 0.05) is 17.3 Å². The standard InChI is InChI=1S/C17H23NO4/c1-22-17(19)15(11-13-7-3-2-4-8-13)12-14-9-5-6-10-16(14)18(20)21/h2-4,7-8,14-16H,5-6,9-12H2,1H3. The van der Waals surface area contributed by atoms with E-state index in [0.29, 0.717) is 19.3 Å². The third kappa shape index (κ3) is 4.29. The molecule has 1 fully saturated rings. The lowest BCUT2D eigenvalue weighted by molar-refractivity contribution is -0.536. The number of ether oxygens (including phenoxy) is 1. The van der Waals surface area contributed by atoms with Crippen molar-refractivity contribution in [3.63, 3.8) is 0 Å². The maximum absolute atomic E-state index is 12.1. The first kappa shape index (κ1) is 16.5. The molecule has 1 aliphatic carbocycles. The molecule has 0 N–H and O–H groups in total. The number of nitrogens with zero attached hydrogens (tertiary/aromatic N) is 1. The van der Waals surface area contributed by atoms with E-state index in [-0.39, 0.29) is 22.7 Å². The summed E-state index contributed by atoms with van der Waals surface area (Å²) >= 11 is 0. The lowest BCUT2D eigenvalue weighted by Gasteiger charge is -2.28. The Labute approximate surface area is 130 Å². The van der Waals surface area contributed by atoms with Crippen LogP contribution >= 0.6 is 0 Å². The molecule has 0 spiro atoms. The third-order valence-electron chi connectivity index (χ3n) is 4.59. The van der Waals surface area contributed by atoms with Crippen molar-refractivity contribution in [2.75, 3.05) is 7.11 Å². The number of carbonyl (C=O) groups is 1. The number of hydrogen-bond acceptors (Lipinski definition) is 4. The molecule has 3 atom stereocenters. The van der Waals surface area contributed by atoms with E-state index < -0.39 is 6.04 Å². The summed E-state index contributed by atoms with van der Waals surface area (Å²) in [6.45, 7) is 0. The van der Waals surface area contributed by atoms with Crippen molar-refractivity contribution in [3.05, 3.63) is 46.0 Å². The van der Waals surface area contributed by atoms with Gasteiger partial charge in [-0.25, -0.2) is 0 Å². The maximum Gasteiger partial charge on any atom is 0.309 e. The van der Waals surface area contributed by atoms with Crippen LogP contribution in [0.3, 0.4) is 0 Å². The fourth-order valence-corrected chi connectivity index (χ4v) is 3.43. The number of hydrogen-bond donors (Lipinski definition) is 0. The molecule has 0 aliphatic heterocycles. The van der Waals surface area contributed by atoms with E-state index in [0.717, 1.165) is 24.8 Å². The second-order valence-corrected chi connectivity index (χ2v) is 6.04. The summed E-state index contributed by atoms with van der Waals surface area (Å²) in [5, 5.41) is 11.2. The predicted molar refractivity (Wildman–Crippen MR) is 83.0 cm³/mol. The smallest absolute Gasteiger partial charge is 0.309 e. The van der Waals surface area contributed by atoms with Gasteiger partial charge in [-0.15, -0.1) is 0 Å². The van der Waals surface area contributed by atoms with E-state index in [2.05, 4.69) is 0 Å². The van der Waals surface area contributed by atoms with Gasteiger partial charge in [0.2, 0.25) is 6.04 Å². The van der Waals surface area contributed by atoms with Crippen molar-refractivity contribution < 1.29 is 14.5 Å². The highest BCUT2D eigenvalue weighted by molar-refractivity contribution is 5.72. The Balaban J connectivity index is 2.08. The molecule has 5 heteroatoms. The number of benzene rings is 1. The molecule has 0 saturated heterocycles. The van der Waals surface area contributed by atoms with Crippen LogP contribution in [0.1, 0.15) is 37.7 Å². The lowest BCUT2D eigenvalue weighted by atomic mass is 9.78. The molecule has 3 unspecified atom stereocenters. The molecule has 0 heterocycles. The molecule has 5 nitrogen and oxygen atoms in total. The second kappa shape index (κ2) is 7.92. The van der Waals surface area contributed by atoms with Gasteiger partial charge < -0.3 is 4.74 Å². The minimum absolute atomic E-state index is 0.0310. The number of rotatable bonds is 6. The Morgan fingerprint density at radius 2 is 2.00 bits per heavy atom. The first-order valence-corrected chi connectivity index (χ1v) is 7.87. The molecule has 1 saturated carbocycles. The van der Waals surface area contributed by atoms with Crippen LogP contribution in [0, 0.1) is 22.0 Å². The maximum atomic E-state index is 12.1. The molecule has 22 heavy (non-hydrogen) atoms. The molecule has 0 aromatic heterocycles. The molecular weight excluding hydrogens is 282 g/mol. The van der Waals surface area contributed by atoms with E-state index in [1.807, 2.05) is 30.3 Å². The van der Waals surface area contributed by atoms with E-state index >= 15 is 0 Å². The van der Waals surface area contributed by atoms with Gasteiger partial charge >= 0.3 is 5.97 Å². The third-order valence-corrected chi connectivity index (χ3v) is 4.59. The summed E-state index contributed by atoms with van der Waals surface area (Å²) in [6, 6.07) is 9.23. The van der Waals surface area contributed by atoms with Crippen LogP contribution in [0.2, 0.25) is 0 Å². The minimum atomic E-state index is -0.517. The van der Waals surface area contributed by atoms with Gasteiger partial charge in [0.05, 0.1) is 13.0 Å². The van der Waals surface area contributed by atoms with Crippen LogP contribution < -0.4 is 0 Å². The van der Waals surface area contributed by atoms with Gasteiger partial charge in [0.15, 0.2) is 0 Å². The SMILES string of the molecule is COC(=O)C(Cc1ccccc1)CC1CCCCC1[N+](=O)[O-]. The van der Waals surface area contributed by atoms with Crippen LogP contribution in [0.5, 0.6) is 0 Å². The van der Waals surface area contributed by atoms with Gasteiger partial charge in [-0.1, -0.05) is 36.8 Å². The fraction of sp³-hybridized carbons (Fsp3) is 0.588. The van der Waals surface area contributed by atoms with E-state index in [9.17, 15) is 14.9 Å². The summed E-state index contributed by atoms with van der Waals surface area (Å²) in [6.07, 6.45) is 4.48. The van der Waals surface area contributed by atoms with Crippen LogP contribution in [0.15, 0.2) is 30.3 Å². The van der Waals surface area contributed by atoms with Gasteiger partial charge in [0.1, 0.15) is 0 Å². The van der Waals surface area contributed by atoms with Crippen LogP contribution in [0.25, 0.3) is 0 Å². The Morgan fingerprint density at radius 3 is 2.64 bits per heavy atom. The monoisotopic (exact) mass is 305 g/mol. The molecule has 120 valence electrons. The van der Waals surface area contributed by atoms with E-state index in [1.54, 1.807) is 0 Å². The van der Waals surface area contributed by atoms with Gasteiger partial charge in [-0.2, -0.15) is 0 Å². The molecular formula is C17H23NO4. The van der Waals surface area contributed by atoms with Crippen molar-refractivity contribution >= 4 is 5.97 Å². The van der Waals surface area contributed by atoms with Gasteiger partial charge in [0.25, 0.3) is 0 Å². The number of nitro groups is 1. The topological polar surface area (TPSA) is 69.4 Å². The fourth-order valence-electron chi connectivity index (χ4n) is 3.43. The normalized spacial score (nSPS) is 22.8. The Bertz CT molecular complexity index is 503. The number of carbonyl (C=O) groups excluding carboxylic acids is 1. The Hall–Kier alpha value is -1.91. The van der Waals surface area contributed by atoms with E-state index in [4.69, 9.17) is 4.74 Å². The highest BCUT2D eigenvalue weighted by Gasteiger charge is 2.37. The zero-order valence-corrected chi connectivity index (χ0v) is 12.9. The van der Waals surface area contributed by atoms with E-state index in [1.165, 1.54) is 7.11 Å². The average Bonchev–Trinajstić information content (AvgIpc) is 2.54. The largest absolute Gasteiger partial charge is 0.469 e. The van der Waals surface area contributed by atoms with Crippen molar-refractivity contribution in [1.29, 1.82) is 0 Å². The molecule has 1 aromatic carbocycles. The average molecular weight is 305 g/mol. The van der Waals surface area contributed by atoms with Crippen molar-refractivity contribution in [2.45, 2.75) is 44.6 Å². The summed E-state index contributed by atoms with van der Waals surface area (Å²) in [7, 11) is 1.38. The first-order valence-electron chi connectivity index (χ1n) is 7.87. The van der Waals surface area contributed by atoms with Crippen molar-refractivity contribution in [1.82, 2.24) is 0 Å². The highest BCUT2D eigenvalue weighted by Crippen LogP contribution is 2.32. The molecule has 1 aromatic rings. The Morgan fingerprint density at radius 1 is 1.32 bits per heavy atom. The Kier molecular flexibility index (Phi) is 5.92. The summed E-state index contributed by atoms with van der Waals surface area (Å²) in [4.78, 5) is 23.1. The van der Waals surface area contributed by atoms with Gasteiger partial charge in [-0.3, -0.25) is 14.9 Å². The first-order chi connectivity index (χ1) is 10.6. The highest BCUT2D eigenvalue weighted by atomic mass is 16.6. The van der Waals surface area contributed by atoms with Crippen LogP contribution in [0.4, 0.5) is 0 Å². The lowest BCUT2D eigenvalue weighted by Crippen LogP contribution is -2.35. The zero-order valence-electron chi connectivity index (χ0n) is 12.9. The predicted octanol–water partition coefficient (Wildman–Crippen LogP) is 3.24. The summed E-state index contributed by atoms with van der Waals surface area (Å²) in [5.74, 6) is -0.606. The molecule has 0 bridgehead atoms. The molecule has 2 rings (SSSR count). The quantitative estimate of drug-likeness (QED) is 0.459. The van der Waals surface area contributed by atoms with Crippen molar-refractivity contribution in [2.24, 2.45) is 11.8 Å². The molecule has 0 amide bonds. The number of esters is 1. The van der Waals surface area contributed by atoms with Crippen LogP contribution in [-0.2, 0) is 16.0 Å². The number of methoxy groups -OCH3 is 1. The molecule has 0 radical (unpaired) electrons. The minimum Gasteiger partial charge on any atom is -0.469 e. The summed E-state index contributed by atoms with van der Waals surface area (Å²) < 4.78 is 4.91. The zero-order chi connectivity index (χ0) is 15.9. The summed E-state index contributed by atoms with van der Waals surface area (Å²) in [5.41, 5.74) is 1.06. The van der Waals surface area contributed by atoms with Crippen LogP contribution in [-0.4, -0.2) is 24.0 Å².